The van der Waals surface area contributed by atoms with Crippen molar-refractivity contribution in [2.45, 2.75) is 12.7 Å². The first kappa shape index (κ1) is 23.1. The van der Waals surface area contributed by atoms with Crippen LogP contribution in [-0.4, -0.2) is 40.8 Å². The number of benzene rings is 2. The van der Waals surface area contributed by atoms with Crippen LogP contribution < -0.4 is 15.4 Å². The second-order valence-corrected chi connectivity index (χ2v) is 6.78. The molecule has 2 aromatic carbocycles. The number of methoxy groups -OCH3 is 1. The van der Waals surface area contributed by atoms with Gasteiger partial charge in [0, 0.05) is 17.3 Å². The molecule has 0 amide bonds. The standard InChI is InChI=1S/C20H17ClF3N5O3/c1-31-16(30)13-4-8-15(9-5-13)26-18-27-17(25-10-12-2-6-14(21)7-3-12)28-19(29-18)32-11-20(22,23)24/h2-9H,10-11H2,1H3,(H2,25,26,27,28,29). The van der Waals surface area contributed by atoms with Gasteiger partial charge >= 0.3 is 18.2 Å². The number of nitrogens with zero attached hydrogens (tertiary/aromatic N) is 3. The number of anilines is 3. The molecule has 0 radical (unpaired) electrons. The molecule has 0 unspecified atom stereocenters. The monoisotopic (exact) mass is 467 g/mol. The summed E-state index contributed by atoms with van der Waals surface area (Å²) >= 11 is 5.86. The number of alkyl halides is 3. The molecular formula is C20H17ClF3N5O3. The van der Waals surface area contributed by atoms with Gasteiger partial charge in [-0.3, -0.25) is 0 Å². The van der Waals surface area contributed by atoms with Gasteiger partial charge in [-0.15, -0.1) is 0 Å². The van der Waals surface area contributed by atoms with E-state index in [1.807, 2.05) is 0 Å². The average molecular weight is 468 g/mol. The Morgan fingerprint density at radius 3 is 2.28 bits per heavy atom. The lowest BCUT2D eigenvalue weighted by atomic mass is 10.2. The molecule has 0 aliphatic heterocycles. The van der Waals surface area contributed by atoms with E-state index in [1.165, 1.54) is 19.2 Å². The van der Waals surface area contributed by atoms with Crippen LogP contribution in [0.15, 0.2) is 48.5 Å². The van der Waals surface area contributed by atoms with Crippen LogP contribution in [0, 0.1) is 0 Å². The van der Waals surface area contributed by atoms with Gasteiger partial charge in [0.1, 0.15) is 0 Å². The zero-order chi connectivity index (χ0) is 23.1. The topological polar surface area (TPSA) is 98.3 Å². The fourth-order valence-electron chi connectivity index (χ4n) is 2.42. The van der Waals surface area contributed by atoms with Crippen LogP contribution in [0.5, 0.6) is 6.01 Å². The summed E-state index contributed by atoms with van der Waals surface area (Å²) in [4.78, 5) is 23.4. The van der Waals surface area contributed by atoms with Crippen molar-refractivity contribution >= 4 is 35.2 Å². The largest absolute Gasteiger partial charge is 0.465 e. The lowest BCUT2D eigenvalue weighted by molar-refractivity contribution is -0.154. The lowest BCUT2D eigenvalue weighted by Gasteiger charge is -2.12. The van der Waals surface area contributed by atoms with Gasteiger partial charge in [0.2, 0.25) is 11.9 Å². The molecule has 32 heavy (non-hydrogen) atoms. The number of carbonyl (C=O) groups is 1. The third-order valence-electron chi connectivity index (χ3n) is 3.91. The van der Waals surface area contributed by atoms with E-state index in [-0.39, 0.29) is 18.4 Å². The number of hydrogen-bond acceptors (Lipinski definition) is 8. The van der Waals surface area contributed by atoms with Crippen LogP contribution in [0.25, 0.3) is 0 Å². The molecule has 12 heteroatoms. The highest BCUT2D eigenvalue weighted by Gasteiger charge is 2.29. The number of ether oxygens (including phenoxy) is 2. The minimum Gasteiger partial charge on any atom is -0.465 e. The Balaban J connectivity index is 1.78. The molecule has 3 aromatic rings. The predicted molar refractivity (Wildman–Crippen MR) is 111 cm³/mol. The molecular weight excluding hydrogens is 451 g/mol. The zero-order valence-electron chi connectivity index (χ0n) is 16.6. The quantitative estimate of drug-likeness (QED) is 0.463. The van der Waals surface area contributed by atoms with Gasteiger partial charge in [-0.1, -0.05) is 23.7 Å². The number of halogens is 4. The molecule has 168 valence electrons. The fourth-order valence-corrected chi connectivity index (χ4v) is 2.55. The van der Waals surface area contributed by atoms with E-state index in [9.17, 15) is 18.0 Å². The van der Waals surface area contributed by atoms with Crippen molar-refractivity contribution in [3.63, 3.8) is 0 Å². The smallest absolute Gasteiger partial charge is 0.422 e. The molecule has 0 fully saturated rings. The maximum atomic E-state index is 12.5. The van der Waals surface area contributed by atoms with Crippen LogP contribution in [0.3, 0.4) is 0 Å². The van der Waals surface area contributed by atoms with Crippen molar-refractivity contribution in [2.24, 2.45) is 0 Å². The molecule has 0 spiro atoms. The second kappa shape index (κ2) is 10.1. The summed E-state index contributed by atoms with van der Waals surface area (Å²) in [7, 11) is 1.26. The molecule has 1 aromatic heterocycles. The molecule has 1 heterocycles. The van der Waals surface area contributed by atoms with Crippen LogP contribution in [0.2, 0.25) is 5.02 Å². The first-order chi connectivity index (χ1) is 15.2. The molecule has 3 rings (SSSR count). The third-order valence-corrected chi connectivity index (χ3v) is 4.16. The van der Waals surface area contributed by atoms with Gasteiger partial charge in [0.05, 0.1) is 12.7 Å². The number of hydrogen-bond donors (Lipinski definition) is 2. The normalized spacial score (nSPS) is 11.0. The van der Waals surface area contributed by atoms with E-state index in [1.54, 1.807) is 36.4 Å². The summed E-state index contributed by atoms with van der Waals surface area (Å²) in [6, 6.07) is 12.6. The molecule has 2 N–H and O–H groups in total. The van der Waals surface area contributed by atoms with Gasteiger partial charge < -0.3 is 20.1 Å². The maximum Gasteiger partial charge on any atom is 0.422 e. The van der Waals surface area contributed by atoms with Gasteiger partial charge in [0.25, 0.3) is 0 Å². The summed E-state index contributed by atoms with van der Waals surface area (Å²) in [5.41, 5.74) is 1.66. The highest BCUT2D eigenvalue weighted by molar-refractivity contribution is 6.30. The van der Waals surface area contributed by atoms with Crippen LogP contribution in [0.4, 0.5) is 30.8 Å². The second-order valence-electron chi connectivity index (χ2n) is 6.34. The molecule has 0 atom stereocenters. The van der Waals surface area contributed by atoms with Crippen LogP contribution in [0.1, 0.15) is 15.9 Å². The Morgan fingerprint density at radius 2 is 1.66 bits per heavy atom. The third kappa shape index (κ3) is 6.98. The van der Waals surface area contributed by atoms with E-state index in [0.29, 0.717) is 16.3 Å². The van der Waals surface area contributed by atoms with E-state index in [0.717, 1.165) is 5.56 Å². The maximum absolute atomic E-state index is 12.5. The average Bonchev–Trinajstić information content (AvgIpc) is 2.77. The fraction of sp³-hybridized carbons (Fsp3) is 0.200. The van der Waals surface area contributed by atoms with Crippen molar-refractivity contribution in [3.05, 3.63) is 64.7 Å². The van der Waals surface area contributed by atoms with E-state index < -0.39 is 24.8 Å². The number of esters is 1. The lowest BCUT2D eigenvalue weighted by Crippen LogP contribution is -2.21. The van der Waals surface area contributed by atoms with Gasteiger partial charge in [-0.05, 0) is 42.0 Å². The Kier molecular flexibility index (Phi) is 7.31. The Labute approximate surface area is 185 Å². The summed E-state index contributed by atoms with van der Waals surface area (Å²) in [6.45, 7) is -1.27. The zero-order valence-corrected chi connectivity index (χ0v) is 17.4. The Hall–Kier alpha value is -3.60. The predicted octanol–water partition coefficient (Wildman–Crippen LogP) is 4.61. The molecule has 8 nitrogen and oxygen atoms in total. The Bertz CT molecular complexity index is 1060. The minimum atomic E-state index is -4.55. The molecule has 0 saturated heterocycles. The summed E-state index contributed by atoms with van der Waals surface area (Å²) < 4.78 is 47.0. The first-order valence-corrected chi connectivity index (χ1v) is 9.49. The number of aromatic nitrogens is 3. The highest BCUT2D eigenvalue weighted by atomic mass is 35.5. The summed E-state index contributed by atoms with van der Waals surface area (Å²) in [6.07, 6.45) is -4.55. The van der Waals surface area contributed by atoms with Gasteiger partial charge in [0.15, 0.2) is 6.61 Å². The highest BCUT2D eigenvalue weighted by Crippen LogP contribution is 2.21. The van der Waals surface area contributed by atoms with E-state index in [4.69, 9.17) is 11.6 Å². The van der Waals surface area contributed by atoms with Gasteiger partial charge in [-0.2, -0.15) is 28.1 Å². The van der Waals surface area contributed by atoms with Gasteiger partial charge in [-0.25, -0.2) is 4.79 Å². The van der Waals surface area contributed by atoms with E-state index in [2.05, 4.69) is 35.1 Å². The van der Waals surface area contributed by atoms with Crippen molar-refractivity contribution < 1.29 is 27.4 Å². The molecule has 0 bridgehead atoms. The summed E-state index contributed by atoms with van der Waals surface area (Å²) in [5.74, 6) is -0.560. The molecule has 0 aliphatic rings. The molecule has 0 saturated carbocycles. The SMILES string of the molecule is COC(=O)c1ccc(Nc2nc(NCc3ccc(Cl)cc3)nc(OCC(F)(F)F)n2)cc1. The van der Waals surface area contributed by atoms with Crippen LogP contribution in [-0.2, 0) is 11.3 Å². The van der Waals surface area contributed by atoms with Crippen molar-refractivity contribution in [1.82, 2.24) is 15.0 Å². The summed E-state index contributed by atoms with van der Waals surface area (Å²) in [5, 5.41) is 6.32. The number of rotatable bonds is 8. The number of carbonyl (C=O) groups excluding carboxylic acids is 1. The van der Waals surface area contributed by atoms with Crippen molar-refractivity contribution in [3.8, 4) is 6.01 Å². The first-order valence-electron chi connectivity index (χ1n) is 9.11. The van der Waals surface area contributed by atoms with E-state index >= 15 is 0 Å². The number of nitrogens with one attached hydrogen (secondary N) is 2. The van der Waals surface area contributed by atoms with Crippen LogP contribution >= 0.6 is 11.6 Å². The van der Waals surface area contributed by atoms with Crippen molar-refractivity contribution in [2.75, 3.05) is 24.4 Å². The van der Waals surface area contributed by atoms with Crippen molar-refractivity contribution in [1.29, 1.82) is 0 Å². The molecule has 0 aliphatic carbocycles. The minimum absolute atomic E-state index is 0.000746. The Morgan fingerprint density at radius 1 is 1.00 bits per heavy atom.